The van der Waals surface area contributed by atoms with E-state index in [0.29, 0.717) is 17.9 Å². The highest BCUT2D eigenvalue weighted by atomic mass is 19.1. The quantitative estimate of drug-likeness (QED) is 0.566. The third-order valence-electron chi connectivity index (χ3n) is 7.59. The summed E-state index contributed by atoms with van der Waals surface area (Å²) in [4.78, 5) is 18.0. The van der Waals surface area contributed by atoms with Gasteiger partial charge in [0.05, 0.1) is 30.5 Å². The molecule has 1 aliphatic heterocycles. The minimum absolute atomic E-state index is 0.0389. The molecule has 33 heavy (non-hydrogen) atoms. The van der Waals surface area contributed by atoms with E-state index in [2.05, 4.69) is 14.7 Å². The summed E-state index contributed by atoms with van der Waals surface area (Å²) in [5.74, 6) is -0.333. The summed E-state index contributed by atoms with van der Waals surface area (Å²) in [6.45, 7) is 0.817. The Labute approximate surface area is 189 Å². The topological polar surface area (TPSA) is 59.7 Å². The first-order chi connectivity index (χ1) is 15.9. The van der Waals surface area contributed by atoms with Crippen LogP contribution in [0.4, 0.5) is 8.78 Å². The van der Waals surface area contributed by atoms with Crippen molar-refractivity contribution in [2.75, 3.05) is 7.11 Å². The summed E-state index contributed by atoms with van der Waals surface area (Å²) < 4.78 is 35.0. The lowest BCUT2D eigenvalue weighted by atomic mass is 9.69. The molecule has 1 unspecified atom stereocenters. The van der Waals surface area contributed by atoms with E-state index in [0.717, 1.165) is 48.7 Å². The normalized spacial score (nSPS) is 27.8. The lowest BCUT2D eigenvalue weighted by molar-refractivity contribution is -0.138. The van der Waals surface area contributed by atoms with Crippen molar-refractivity contribution in [2.45, 2.75) is 38.3 Å². The summed E-state index contributed by atoms with van der Waals surface area (Å²) >= 11 is 0. The standard InChI is InChI=1S/C25H24F2N4O2/c1-33-19-2-3-23-21(9-19)28-14-30(23)13-25-10-16(11-25)20(12-25)24(32)31-22(4-5-29-31)15-6-17(26)8-18(27)7-15/h2-3,5-9,14,16,20,22H,4,10-13H2,1H3/t16?,20-,22?,25?/m0/s1. The second kappa shape index (κ2) is 7.37. The molecular formula is C25H24F2N4O2. The van der Waals surface area contributed by atoms with Crippen molar-refractivity contribution in [2.24, 2.45) is 22.4 Å². The lowest BCUT2D eigenvalue weighted by Gasteiger charge is -2.39. The second-order valence-corrected chi connectivity index (χ2v) is 9.64. The zero-order valence-corrected chi connectivity index (χ0v) is 18.2. The molecule has 3 fully saturated rings. The Morgan fingerprint density at radius 2 is 1.94 bits per heavy atom. The number of carbonyl (C=O) groups is 1. The van der Waals surface area contributed by atoms with E-state index in [1.807, 2.05) is 24.5 Å². The highest BCUT2D eigenvalue weighted by Crippen LogP contribution is 2.63. The van der Waals surface area contributed by atoms with E-state index in [1.165, 1.54) is 17.1 Å². The van der Waals surface area contributed by atoms with Gasteiger partial charge in [-0.3, -0.25) is 4.79 Å². The molecule has 6 nitrogen and oxygen atoms in total. The van der Waals surface area contributed by atoms with Gasteiger partial charge in [-0.1, -0.05) is 0 Å². The van der Waals surface area contributed by atoms with Crippen LogP contribution in [0.2, 0.25) is 0 Å². The summed E-state index contributed by atoms with van der Waals surface area (Å²) in [6, 6.07) is 8.85. The van der Waals surface area contributed by atoms with Gasteiger partial charge in [0.15, 0.2) is 0 Å². The Morgan fingerprint density at radius 1 is 1.15 bits per heavy atom. The average Bonchev–Trinajstić information content (AvgIpc) is 3.54. The van der Waals surface area contributed by atoms with Crippen molar-refractivity contribution in [1.82, 2.24) is 14.6 Å². The highest BCUT2D eigenvalue weighted by Gasteiger charge is 2.59. The van der Waals surface area contributed by atoms with E-state index in [9.17, 15) is 13.6 Å². The Balaban J connectivity index is 1.19. The SMILES string of the molecule is COc1ccc2c(c1)ncn2CC12CC(C1)[C@@H](C(=O)N1N=CCC1c1cc(F)cc(F)c1)C2. The second-order valence-electron chi connectivity index (χ2n) is 9.64. The molecule has 2 atom stereocenters. The number of amides is 1. The summed E-state index contributed by atoms with van der Waals surface area (Å²) in [7, 11) is 1.64. The van der Waals surface area contributed by atoms with Crippen LogP contribution in [0.15, 0.2) is 47.8 Å². The van der Waals surface area contributed by atoms with Gasteiger partial charge in [-0.2, -0.15) is 5.10 Å². The maximum absolute atomic E-state index is 13.8. The van der Waals surface area contributed by atoms with Crippen molar-refractivity contribution < 1.29 is 18.3 Å². The minimum Gasteiger partial charge on any atom is -0.497 e. The molecule has 2 aromatic carbocycles. The van der Waals surface area contributed by atoms with Gasteiger partial charge < -0.3 is 9.30 Å². The van der Waals surface area contributed by atoms with Crippen molar-refractivity contribution >= 4 is 23.2 Å². The first-order valence-electron chi connectivity index (χ1n) is 11.3. The zero-order chi connectivity index (χ0) is 22.7. The number of benzene rings is 2. The van der Waals surface area contributed by atoms with Gasteiger partial charge in [0.25, 0.3) is 0 Å². The Hall–Kier alpha value is -3.29. The molecule has 0 N–H and O–H groups in total. The molecular weight excluding hydrogens is 426 g/mol. The van der Waals surface area contributed by atoms with E-state index in [-0.39, 0.29) is 17.2 Å². The van der Waals surface area contributed by atoms with Crippen LogP contribution in [-0.4, -0.2) is 33.8 Å². The van der Waals surface area contributed by atoms with Gasteiger partial charge >= 0.3 is 0 Å². The highest BCUT2D eigenvalue weighted by molar-refractivity contribution is 5.83. The maximum atomic E-state index is 13.8. The molecule has 0 spiro atoms. The number of aromatic nitrogens is 2. The van der Waals surface area contributed by atoms with Gasteiger partial charge in [0, 0.05) is 37.2 Å². The number of imidazole rings is 1. The van der Waals surface area contributed by atoms with Crippen LogP contribution >= 0.6 is 0 Å². The smallest absolute Gasteiger partial charge is 0.246 e. The molecule has 7 rings (SSSR count). The van der Waals surface area contributed by atoms with Gasteiger partial charge in [0.1, 0.15) is 17.4 Å². The number of carbonyl (C=O) groups excluding carboxylic acids is 1. The number of hydrogen-bond donors (Lipinski definition) is 0. The molecule has 3 aliphatic carbocycles. The molecule has 170 valence electrons. The predicted octanol–water partition coefficient (Wildman–Crippen LogP) is 4.70. The third kappa shape index (κ3) is 3.31. The molecule has 2 heterocycles. The lowest BCUT2D eigenvalue weighted by Crippen LogP contribution is -2.35. The fourth-order valence-corrected chi connectivity index (χ4v) is 6.12. The first kappa shape index (κ1) is 20.3. The van der Waals surface area contributed by atoms with Crippen LogP contribution in [0.3, 0.4) is 0 Å². The van der Waals surface area contributed by atoms with Crippen LogP contribution < -0.4 is 4.74 Å². The molecule has 3 saturated carbocycles. The van der Waals surface area contributed by atoms with Gasteiger partial charge in [-0.15, -0.1) is 0 Å². The number of hydrazone groups is 1. The zero-order valence-electron chi connectivity index (χ0n) is 18.2. The number of nitrogens with zero attached hydrogens (tertiary/aromatic N) is 4. The van der Waals surface area contributed by atoms with Gasteiger partial charge in [-0.25, -0.2) is 18.8 Å². The van der Waals surface area contributed by atoms with Crippen molar-refractivity contribution in [3.05, 3.63) is 59.9 Å². The Bertz CT molecular complexity index is 1260. The third-order valence-corrected chi connectivity index (χ3v) is 7.59. The van der Waals surface area contributed by atoms with E-state index in [4.69, 9.17) is 4.74 Å². The molecule has 2 bridgehead atoms. The van der Waals surface area contributed by atoms with Crippen LogP contribution in [-0.2, 0) is 11.3 Å². The van der Waals surface area contributed by atoms with Gasteiger partial charge in [0.2, 0.25) is 5.91 Å². The van der Waals surface area contributed by atoms with Crippen molar-refractivity contribution in [3.63, 3.8) is 0 Å². The van der Waals surface area contributed by atoms with E-state index >= 15 is 0 Å². The van der Waals surface area contributed by atoms with E-state index < -0.39 is 17.7 Å². The molecule has 0 saturated heterocycles. The monoisotopic (exact) mass is 450 g/mol. The number of ether oxygens (including phenoxy) is 1. The fourth-order valence-electron chi connectivity index (χ4n) is 6.12. The number of halogens is 2. The number of fused-ring (bicyclic) bond motifs is 2. The van der Waals surface area contributed by atoms with Crippen LogP contribution in [0.1, 0.15) is 37.3 Å². The van der Waals surface area contributed by atoms with Crippen molar-refractivity contribution in [3.8, 4) is 5.75 Å². The van der Waals surface area contributed by atoms with Crippen LogP contribution in [0.25, 0.3) is 11.0 Å². The van der Waals surface area contributed by atoms with Crippen LogP contribution in [0, 0.1) is 28.9 Å². The minimum atomic E-state index is -0.642. The molecule has 1 amide bonds. The number of hydrogen-bond acceptors (Lipinski definition) is 4. The number of methoxy groups -OCH3 is 1. The molecule has 0 radical (unpaired) electrons. The summed E-state index contributed by atoms with van der Waals surface area (Å²) in [5.41, 5.74) is 2.46. The Morgan fingerprint density at radius 3 is 2.70 bits per heavy atom. The predicted molar refractivity (Wildman–Crippen MR) is 119 cm³/mol. The maximum Gasteiger partial charge on any atom is 0.246 e. The molecule has 3 aromatic rings. The molecule has 4 aliphatic rings. The van der Waals surface area contributed by atoms with Gasteiger partial charge in [-0.05, 0) is 60.4 Å². The Kier molecular flexibility index (Phi) is 4.54. The summed E-state index contributed by atoms with van der Waals surface area (Å²) in [6.07, 6.45) is 6.77. The summed E-state index contributed by atoms with van der Waals surface area (Å²) in [5, 5.41) is 5.74. The van der Waals surface area contributed by atoms with Crippen molar-refractivity contribution in [1.29, 1.82) is 0 Å². The van der Waals surface area contributed by atoms with Crippen LogP contribution in [0.5, 0.6) is 5.75 Å². The molecule has 8 heteroatoms. The average molecular weight is 450 g/mol. The first-order valence-corrected chi connectivity index (χ1v) is 11.3. The fraction of sp³-hybridized carbons (Fsp3) is 0.400. The number of rotatable bonds is 5. The van der Waals surface area contributed by atoms with E-state index in [1.54, 1.807) is 13.3 Å². The largest absolute Gasteiger partial charge is 0.497 e. The molecule has 1 aromatic heterocycles.